The molecule has 0 aromatic heterocycles. The first-order valence-corrected chi connectivity index (χ1v) is 7.44. The van der Waals surface area contributed by atoms with E-state index in [2.05, 4.69) is 26.2 Å². The molecule has 2 aromatic rings. The molecular formula is C16H10BrN3O3. The summed E-state index contributed by atoms with van der Waals surface area (Å²) in [5.41, 5.74) is 1.75. The number of halogens is 1. The average molecular weight is 372 g/mol. The van der Waals surface area contributed by atoms with E-state index in [1.807, 2.05) is 24.3 Å². The molecule has 1 aliphatic heterocycles. The largest absolute Gasteiger partial charge is 0.305 e. The number of rotatable bonds is 3. The molecule has 1 amide bonds. The number of amidine groups is 1. The molecule has 114 valence electrons. The fourth-order valence-electron chi connectivity index (χ4n) is 2.06. The maximum Gasteiger partial charge on any atom is 0.275 e. The van der Waals surface area contributed by atoms with Crippen molar-refractivity contribution in [3.63, 3.8) is 0 Å². The minimum atomic E-state index is -0.475. The van der Waals surface area contributed by atoms with Gasteiger partial charge in [-0.25, -0.2) is 4.99 Å². The quantitative estimate of drug-likeness (QED) is 0.510. The van der Waals surface area contributed by atoms with E-state index in [1.165, 1.54) is 12.1 Å². The Morgan fingerprint density at radius 2 is 1.74 bits per heavy atom. The zero-order valence-corrected chi connectivity index (χ0v) is 13.3. The maximum atomic E-state index is 12.0. The molecule has 1 aliphatic rings. The van der Waals surface area contributed by atoms with Crippen molar-refractivity contribution < 1.29 is 9.72 Å². The second-order valence-corrected chi connectivity index (χ2v) is 5.72. The normalized spacial score (nSPS) is 15.4. The highest BCUT2D eigenvalue weighted by atomic mass is 79.9. The highest BCUT2D eigenvalue weighted by Crippen LogP contribution is 2.18. The van der Waals surface area contributed by atoms with Gasteiger partial charge < -0.3 is 5.32 Å². The number of aliphatic imine (C=N–C) groups is 1. The smallest absolute Gasteiger partial charge is 0.275 e. The lowest BCUT2D eigenvalue weighted by molar-refractivity contribution is -0.384. The summed E-state index contributed by atoms with van der Waals surface area (Å²) in [4.78, 5) is 26.4. The van der Waals surface area contributed by atoms with E-state index in [-0.39, 0.29) is 11.6 Å². The predicted octanol–water partition coefficient (Wildman–Crippen LogP) is 3.27. The number of nitro groups is 1. The molecule has 0 spiro atoms. The minimum Gasteiger partial charge on any atom is -0.305 e. The number of non-ortho nitro benzene ring substituents is 1. The SMILES string of the molecule is O=C1NC(c2ccc([N+](=O)[O-])cc2)=N/C1=C/c1ccc(Br)cc1. The number of hydrogen-bond donors (Lipinski definition) is 1. The van der Waals surface area contributed by atoms with Crippen LogP contribution in [0.3, 0.4) is 0 Å². The van der Waals surface area contributed by atoms with E-state index in [0.717, 1.165) is 10.0 Å². The van der Waals surface area contributed by atoms with Gasteiger partial charge in [0.25, 0.3) is 11.6 Å². The zero-order chi connectivity index (χ0) is 16.4. The standard InChI is InChI=1S/C16H10BrN3O3/c17-12-5-1-10(2-6-12)9-14-16(21)19-15(18-14)11-3-7-13(8-4-11)20(22)23/h1-9H,(H,18,19,21)/b14-9+. The van der Waals surface area contributed by atoms with Crippen molar-refractivity contribution in [3.05, 3.63) is 79.9 Å². The summed E-state index contributed by atoms with van der Waals surface area (Å²) in [5, 5.41) is 13.3. The van der Waals surface area contributed by atoms with Gasteiger partial charge in [-0.2, -0.15) is 0 Å². The summed E-state index contributed by atoms with van der Waals surface area (Å²) in [6.45, 7) is 0. The van der Waals surface area contributed by atoms with E-state index in [4.69, 9.17) is 0 Å². The van der Waals surface area contributed by atoms with Crippen molar-refractivity contribution >= 4 is 39.4 Å². The molecule has 2 aromatic carbocycles. The number of carbonyl (C=O) groups is 1. The summed E-state index contributed by atoms with van der Waals surface area (Å²) < 4.78 is 0.950. The molecule has 0 atom stereocenters. The molecule has 1 heterocycles. The van der Waals surface area contributed by atoms with Gasteiger partial charge in [0.1, 0.15) is 11.5 Å². The molecular weight excluding hydrogens is 362 g/mol. The maximum absolute atomic E-state index is 12.0. The van der Waals surface area contributed by atoms with Gasteiger partial charge in [0.15, 0.2) is 0 Å². The lowest BCUT2D eigenvalue weighted by Gasteiger charge is -1.99. The van der Waals surface area contributed by atoms with Crippen LogP contribution in [-0.4, -0.2) is 16.7 Å². The summed E-state index contributed by atoms with van der Waals surface area (Å²) in [6.07, 6.45) is 1.68. The molecule has 0 fully saturated rings. The van der Waals surface area contributed by atoms with Gasteiger partial charge in [0.05, 0.1) is 4.92 Å². The summed E-state index contributed by atoms with van der Waals surface area (Å²) >= 11 is 3.35. The number of benzene rings is 2. The predicted molar refractivity (Wildman–Crippen MR) is 89.9 cm³/mol. The van der Waals surface area contributed by atoms with Crippen LogP contribution in [0.25, 0.3) is 6.08 Å². The number of nitrogens with one attached hydrogen (secondary N) is 1. The van der Waals surface area contributed by atoms with Crippen molar-refractivity contribution in [3.8, 4) is 0 Å². The topological polar surface area (TPSA) is 84.6 Å². The van der Waals surface area contributed by atoms with Crippen LogP contribution in [0.4, 0.5) is 5.69 Å². The highest BCUT2D eigenvalue weighted by Gasteiger charge is 2.21. The molecule has 1 N–H and O–H groups in total. The van der Waals surface area contributed by atoms with Gasteiger partial charge in [-0.3, -0.25) is 14.9 Å². The van der Waals surface area contributed by atoms with E-state index in [1.54, 1.807) is 18.2 Å². The van der Waals surface area contributed by atoms with Gasteiger partial charge in [-0.05, 0) is 35.9 Å². The third-order valence-electron chi connectivity index (χ3n) is 3.22. The first kappa shape index (κ1) is 15.1. The zero-order valence-electron chi connectivity index (χ0n) is 11.7. The average Bonchev–Trinajstić information content (AvgIpc) is 2.91. The van der Waals surface area contributed by atoms with Crippen LogP contribution in [0, 0.1) is 10.1 Å². The van der Waals surface area contributed by atoms with E-state index in [0.29, 0.717) is 17.1 Å². The van der Waals surface area contributed by atoms with Gasteiger partial charge in [0, 0.05) is 22.2 Å². The molecule has 23 heavy (non-hydrogen) atoms. The number of nitro benzene ring substituents is 1. The molecule has 7 heteroatoms. The molecule has 0 unspecified atom stereocenters. The first-order valence-electron chi connectivity index (χ1n) is 6.65. The van der Waals surface area contributed by atoms with Gasteiger partial charge >= 0.3 is 0 Å². The fraction of sp³-hybridized carbons (Fsp3) is 0. The monoisotopic (exact) mass is 371 g/mol. The minimum absolute atomic E-state index is 0.00991. The lowest BCUT2D eigenvalue weighted by atomic mass is 10.2. The third kappa shape index (κ3) is 3.35. The molecule has 3 rings (SSSR count). The Kier molecular flexibility index (Phi) is 4.03. The summed E-state index contributed by atoms with van der Waals surface area (Å²) in [6, 6.07) is 13.3. The van der Waals surface area contributed by atoms with Crippen LogP contribution >= 0.6 is 15.9 Å². The lowest BCUT2D eigenvalue weighted by Crippen LogP contribution is -2.24. The van der Waals surface area contributed by atoms with Crippen molar-refractivity contribution in [1.82, 2.24) is 5.32 Å². The van der Waals surface area contributed by atoms with Crippen LogP contribution in [0.1, 0.15) is 11.1 Å². The Hall–Kier alpha value is -2.80. The second-order valence-electron chi connectivity index (χ2n) is 4.80. The molecule has 0 aliphatic carbocycles. The van der Waals surface area contributed by atoms with Crippen LogP contribution in [0.2, 0.25) is 0 Å². The van der Waals surface area contributed by atoms with E-state index in [9.17, 15) is 14.9 Å². The first-order chi connectivity index (χ1) is 11.0. The number of carbonyl (C=O) groups excluding carboxylic acids is 1. The van der Waals surface area contributed by atoms with E-state index >= 15 is 0 Å². The molecule has 0 saturated heterocycles. The molecule has 0 radical (unpaired) electrons. The Bertz CT molecular complexity index is 840. The van der Waals surface area contributed by atoms with Crippen molar-refractivity contribution in [1.29, 1.82) is 0 Å². The second kappa shape index (κ2) is 6.13. The van der Waals surface area contributed by atoms with Crippen LogP contribution in [-0.2, 0) is 4.79 Å². The third-order valence-corrected chi connectivity index (χ3v) is 3.75. The fourth-order valence-corrected chi connectivity index (χ4v) is 2.33. The van der Waals surface area contributed by atoms with Crippen molar-refractivity contribution in [2.75, 3.05) is 0 Å². The van der Waals surface area contributed by atoms with E-state index < -0.39 is 4.92 Å². The number of nitrogens with zero attached hydrogens (tertiary/aromatic N) is 2. The van der Waals surface area contributed by atoms with Gasteiger partial charge in [-0.1, -0.05) is 28.1 Å². The summed E-state index contributed by atoms with van der Waals surface area (Å²) in [7, 11) is 0. The number of hydrogen-bond acceptors (Lipinski definition) is 4. The van der Waals surface area contributed by atoms with Crippen LogP contribution in [0.15, 0.2) is 63.7 Å². The Balaban J connectivity index is 1.88. The Labute approximate surface area is 139 Å². The molecule has 0 saturated carbocycles. The van der Waals surface area contributed by atoms with Crippen molar-refractivity contribution in [2.24, 2.45) is 4.99 Å². The summed E-state index contributed by atoms with van der Waals surface area (Å²) in [5.74, 6) is 0.0783. The van der Waals surface area contributed by atoms with Crippen molar-refractivity contribution in [2.45, 2.75) is 0 Å². The Morgan fingerprint density at radius 1 is 1.09 bits per heavy atom. The highest BCUT2D eigenvalue weighted by molar-refractivity contribution is 9.10. The molecule has 0 bridgehead atoms. The van der Waals surface area contributed by atoms with Crippen LogP contribution in [0.5, 0.6) is 0 Å². The Morgan fingerprint density at radius 3 is 2.35 bits per heavy atom. The van der Waals surface area contributed by atoms with Gasteiger partial charge in [-0.15, -0.1) is 0 Å². The van der Waals surface area contributed by atoms with Gasteiger partial charge in [0.2, 0.25) is 0 Å². The molecule has 6 nitrogen and oxygen atoms in total. The van der Waals surface area contributed by atoms with Crippen LogP contribution < -0.4 is 5.32 Å². The number of amides is 1.